The maximum Gasteiger partial charge on any atom is 0.237 e. The minimum atomic E-state index is 0.262. The number of nitrogens with one attached hydrogen (secondary N) is 1. The van der Waals surface area contributed by atoms with Gasteiger partial charge in [0.2, 0.25) is 5.88 Å². The molecule has 2 atom stereocenters. The first-order valence-electron chi connectivity index (χ1n) is 9.93. The Balaban J connectivity index is 1.31. The number of anilines is 2. The Morgan fingerprint density at radius 2 is 1.72 bits per heavy atom. The summed E-state index contributed by atoms with van der Waals surface area (Å²) in [6.45, 7) is 6.86. The summed E-state index contributed by atoms with van der Waals surface area (Å²) in [6, 6.07) is 16.6. The number of hydrogen-bond acceptors (Lipinski definition) is 6. The van der Waals surface area contributed by atoms with Crippen molar-refractivity contribution in [2.75, 3.05) is 23.3 Å². The van der Waals surface area contributed by atoms with Crippen molar-refractivity contribution in [3.8, 4) is 11.6 Å². The SMILES string of the molecule is C[C@@H]1CN(c2ccc(NCc3ccc(Oc4cnccn4)cc3)cc2)C[C@H](C)O1. The van der Waals surface area contributed by atoms with Crippen LogP contribution in [0.4, 0.5) is 11.4 Å². The van der Waals surface area contributed by atoms with Crippen LogP contribution in [0.5, 0.6) is 11.6 Å². The molecule has 1 aliphatic heterocycles. The monoisotopic (exact) mass is 390 g/mol. The normalized spacial score (nSPS) is 19.0. The third-order valence-corrected chi connectivity index (χ3v) is 4.83. The van der Waals surface area contributed by atoms with Gasteiger partial charge in [0, 0.05) is 43.4 Å². The highest BCUT2D eigenvalue weighted by atomic mass is 16.5. The van der Waals surface area contributed by atoms with Crippen LogP contribution in [0.2, 0.25) is 0 Å². The maximum atomic E-state index is 5.82. The molecule has 150 valence electrons. The molecular formula is C23H26N4O2. The first kappa shape index (κ1) is 19.2. The fourth-order valence-corrected chi connectivity index (χ4v) is 3.52. The highest BCUT2D eigenvalue weighted by molar-refractivity contribution is 5.55. The second-order valence-corrected chi connectivity index (χ2v) is 7.35. The Bertz CT molecular complexity index is 890. The van der Waals surface area contributed by atoms with Gasteiger partial charge in [0.15, 0.2) is 0 Å². The summed E-state index contributed by atoms with van der Waals surface area (Å²) in [6.07, 6.45) is 5.35. The molecule has 0 bridgehead atoms. The first-order chi connectivity index (χ1) is 14.2. The van der Waals surface area contributed by atoms with E-state index >= 15 is 0 Å². The summed E-state index contributed by atoms with van der Waals surface area (Å²) in [5, 5.41) is 3.47. The quantitative estimate of drug-likeness (QED) is 0.669. The van der Waals surface area contributed by atoms with Crippen molar-refractivity contribution < 1.29 is 9.47 Å². The summed E-state index contributed by atoms with van der Waals surface area (Å²) in [4.78, 5) is 10.5. The van der Waals surface area contributed by atoms with Crippen LogP contribution in [-0.2, 0) is 11.3 Å². The van der Waals surface area contributed by atoms with Crippen molar-refractivity contribution >= 4 is 11.4 Å². The highest BCUT2D eigenvalue weighted by Crippen LogP contribution is 2.23. The summed E-state index contributed by atoms with van der Waals surface area (Å²) < 4.78 is 11.5. The first-order valence-corrected chi connectivity index (χ1v) is 9.93. The number of rotatable bonds is 6. The van der Waals surface area contributed by atoms with Crippen LogP contribution >= 0.6 is 0 Å². The van der Waals surface area contributed by atoms with Gasteiger partial charge < -0.3 is 19.7 Å². The molecule has 6 heteroatoms. The zero-order valence-electron chi connectivity index (χ0n) is 16.8. The molecule has 29 heavy (non-hydrogen) atoms. The van der Waals surface area contributed by atoms with Crippen molar-refractivity contribution in [3.63, 3.8) is 0 Å². The summed E-state index contributed by atoms with van der Waals surface area (Å²) in [7, 11) is 0. The van der Waals surface area contributed by atoms with E-state index in [1.54, 1.807) is 18.6 Å². The number of hydrogen-bond donors (Lipinski definition) is 1. The van der Waals surface area contributed by atoms with Crippen LogP contribution in [0.25, 0.3) is 0 Å². The van der Waals surface area contributed by atoms with Crippen LogP contribution in [0.15, 0.2) is 67.1 Å². The lowest BCUT2D eigenvalue weighted by atomic mass is 10.2. The topological polar surface area (TPSA) is 59.5 Å². The third-order valence-electron chi connectivity index (χ3n) is 4.83. The van der Waals surface area contributed by atoms with Crippen LogP contribution in [0.3, 0.4) is 0 Å². The maximum absolute atomic E-state index is 5.82. The van der Waals surface area contributed by atoms with E-state index in [4.69, 9.17) is 9.47 Å². The molecule has 0 unspecified atom stereocenters. The minimum absolute atomic E-state index is 0.262. The molecule has 6 nitrogen and oxygen atoms in total. The van der Waals surface area contributed by atoms with Gasteiger partial charge in [-0.05, 0) is 55.8 Å². The lowest BCUT2D eigenvalue weighted by Gasteiger charge is -2.36. The van der Waals surface area contributed by atoms with E-state index in [0.717, 1.165) is 31.1 Å². The van der Waals surface area contributed by atoms with E-state index in [0.29, 0.717) is 5.88 Å². The molecule has 0 aliphatic carbocycles. The summed E-state index contributed by atoms with van der Waals surface area (Å²) in [5.41, 5.74) is 3.52. The Kier molecular flexibility index (Phi) is 5.91. The summed E-state index contributed by atoms with van der Waals surface area (Å²) >= 11 is 0. The average Bonchev–Trinajstić information content (AvgIpc) is 2.74. The number of nitrogens with zero attached hydrogens (tertiary/aromatic N) is 3. The molecule has 1 saturated heterocycles. The van der Waals surface area contributed by atoms with E-state index in [2.05, 4.69) is 58.3 Å². The van der Waals surface area contributed by atoms with Crippen molar-refractivity contribution in [3.05, 3.63) is 72.7 Å². The molecule has 0 spiro atoms. The Hall–Kier alpha value is -3.12. The van der Waals surface area contributed by atoms with Gasteiger partial charge in [-0.2, -0.15) is 0 Å². The van der Waals surface area contributed by atoms with Gasteiger partial charge in [0.1, 0.15) is 5.75 Å². The molecule has 1 aliphatic rings. The largest absolute Gasteiger partial charge is 0.438 e. The molecule has 0 radical (unpaired) electrons. The molecule has 1 N–H and O–H groups in total. The van der Waals surface area contributed by atoms with Gasteiger partial charge >= 0.3 is 0 Å². The van der Waals surface area contributed by atoms with Gasteiger partial charge in [-0.3, -0.25) is 4.98 Å². The molecule has 0 saturated carbocycles. The van der Waals surface area contributed by atoms with Crippen LogP contribution in [0, 0.1) is 0 Å². The smallest absolute Gasteiger partial charge is 0.237 e. The molecule has 4 rings (SSSR count). The van der Waals surface area contributed by atoms with Gasteiger partial charge in [0.05, 0.1) is 18.4 Å². The minimum Gasteiger partial charge on any atom is -0.438 e. The number of ether oxygens (including phenoxy) is 2. The van der Waals surface area contributed by atoms with Gasteiger partial charge in [-0.1, -0.05) is 12.1 Å². The molecular weight excluding hydrogens is 364 g/mol. The second kappa shape index (κ2) is 8.92. The third kappa shape index (κ3) is 5.23. The number of benzene rings is 2. The molecule has 2 aromatic carbocycles. The predicted octanol–water partition coefficient (Wildman–Crippen LogP) is 4.49. The van der Waals surface area contributed by atoms with Crippen LogP contribution < -0.4 is 15.0 Å². The van der Waals surface area contributed by atoms with Gasteiger partial charge in [-0.25, -0.2) is 4.98 Å². The van der Waals surface area contributed by atoms with Gasteiger partial charge in [0.25, 0.3) is 0 Å². The molecule has 3 aromatic rings. The van der Waals surface area contributed by atoms with Crippen molar-refractivity contribution in [2.45, 2.75) is 32.6 Å². The Labute approximate surface area is 171 Å². The average molecular weight is 390 g/mol. The van der Waals surface area contributed by atoms with Crippen molar-refractivity contribution in [2.24, 2.45) is 0 Å². The lowest BCUT2D eigenvalue weighted by molar-refractivity contribution is -0.00521. The van der Waals surface area contributed by atoms with E-state index < -0.39 is 0 Å². The van der Waals surface area contributed by atoms with Gasteiger partial charge in [-0.15, -0.1) is 0 Å². The van der Waals surface area contributed by atoms with Crippen LogP contribution in [-0.4, -0.2) is 35.3 Å². The molecule has 0 amide bonds. The van der Waals surface area contributed by atoms with E-state index in [9.17, 15) is 0 Å². The zero-order valence-corrected chi connectivity index (χ0v) is 16.8. The highest BCUT2D eigenvalue weighted by Gasteiger charge is 2.22. The number of morpholine rings is 1. The second-order valence-electron chi connectivity index (χ2n) is 7.35. The van der Waals surface area contributed by atoms with E-state index in [-0.39, 0.29) is 12.2 Å². The zero-order chi connectivity index (χ0) is 20.1. The molecule has 1 aromatic heterocycles. The molecule has 2 heterocycles. The fourth-order valence-electron chi connectivity index (χ4n) is 3.52. The number of aromatic nitrogens is 2. The van der Waals surface area contributed by atoms with Crippen molar-refractivity contribution in [1.29, 1.82) is 0 Å². The van der Waals surface area contributed by atoms with Crippen LogP contribution in [0.1, 0.15) is 19.4 Å². The van der Waals surface area contributed by atoms with Crippen molar-refractivity contribution in [1.82, 2.24) is 9.97 Å². The van der Waals surface area contributed by atoms with E-state index in [1.807, 2.05) is 24.3 Å². The predicted molar refractivity (Wildman–Crippen MR) is 115 cm³/mol. The Morgan fingerprint density at radius 3 is 2.38 bits per heavy atom. The van der Waals surface area contributed by atoms with E-state index in [1.165, 1.54) is 11.3 Å². The standard InChI is InChI=1S/C23H26N4O2/c1-17-15-27(16-18(2)28-17)21-7-5-20(6-8-21)26-13-19-3-9-22(10-4-19)29-23-14-24-11-12-25-23/h3-12,14,17-18,26H,13,15-16H2,1-2H3/t17-,18+. The lowest BCUT2D eigenvalue weighted by Crippen LogP contribution is -2.45. The fraction of sp³-hybridized carbons (Fsp3) is 0.304. The Morgan fingerprint density at radius 1 is 1.00 bits per heavy atom. The summed E-state index contributed by atoms with van der Waals surface area (Å²) in [5.74, 6) is 1.23. The molecule has 1 fully saturated rings.